The van der Waals surface area contributed by atoms with Gasteiger partial charge in [-0.05, 0) is 36.5 Å². The maximum Gasteiger partial charge on any atom is 1.00 e. The fraction of sp³-hybridized carbons (Fsp3) is 0.211. The van der Waals surface area contributed by atoms with E-state index in [0.717, 1.165) is 24.8 Å². The number of aryl methyl sites for hydroxylation is 1. The van der Waals surface area contributed by atoms with Crippen molar-refractivity contribution in [3.8, 4) is 5.75 Å². The minimum absolute atomic E-state index is 0. The first kappa shape index (κ1) is 16.3. The van der Waals surface area contributed by atoms with Crippen LogP contribution >= 0.6 is 0 Å². The SMILES string of the molecule is O=c1oc2ccccc2c([O-])c1C1CCCc2ccccc21.[Na+]. The summed E-state index contributed by atoms with van der Waals surface area (Å²) in [5.74, 6) is -0.341. The second-order valence-electron chi connectivity index (χ2n) is 5.77. The molecule has 0 N–H and O–H groups in total. The number of hydrogen-bond donors (Lipinski definition) is 0. The van der Waals surface area contributed by atoms with Crippen molar-refractivity contribution < 1.29 is 39.1 Å². The molecule has 1 atom stereocenters. The van der Waals surface area contributed by atoms with Crippen LogP contribution in [-0.4, -0.2) is 0 Å². The molecule has 0 aliphatic heterocycles. The van der Waals surface area contributed by atoms with E-state index < -0.39 is 5.63 Å². The van der Waals surface area contributed by atoms with Crippen LogP contribution in [0.4, 0.5) is 0 Å². The molecule has 1 unspecified atom stereocenters. The summed E-state index contributed by atoms with van der Waals surface area (Å²) in [5, 5.41) is 13.3. The Morgan fingerprint density at radius 2 is 1.78 bits per heavy atom. The van der Waals surface area contributed by atoms with E-state index in [2.05, 4.69) is 6.07 Å². The Morgan fingerprint density at radius 3 is 2.65 bits per heavy atom. The second kappa shape index (κ2) is 6.52. The van der Waals surface area contributed by atoms with Crippen LogP contribution in [0.1, 0.15) is 35.4 Å². The van der Waals surface area contributed by atoms with Crippen molar-refractivity contribution in [2.24, 2.45) is 0 Å². The average molecular weight is 314 g/mol. The van der Waals surface area contributed by atoms with Gasteiger partial charge in [-0.2, -0.15) is 0 Å². The molecular weight excluding hydrogens is 299 g/mol. The summed E-state index contributed by atoms with van der Waals surface area (Å²) in [6.07, 6.45) is 2.79. The molecule has 0 bridgehead atoms. The van der Waals surface area contributed by atoms with Gasteiger partial charge in [0.2, 0.25) is 0 Å². The third-order valence-electron chi connectivity index (χ3n) is 4.52. The van der Waals surface area contributed by atoms with Gasteiger partial charge in [0.05, 0.1) is 0 Å². The third-order valence-corrected chi connectivity index (χ3v) is 4.52. The Kier molecular flexibility index (Phi) is 4.62. The zero-order valence-corrected chi connectivity index (χ0v) is 15.0. The molecule has 1 heterocycles. The quantitative estimate of drug-likeness (QED) is 0.481. The third kappa shape index (κ3) is 2.74. The molecule has 2 aromatic carbocycles. The Hall–Kier alpha value is -1.55. The molecule has 1 aliphatic rings. The first-order valence-corrected chi connectivity index (χ1v) is 7.56. The summed E-state index contributed by atoms with van der Waals surface area (Å²) >= 11 is 0. The van der Waals surface area contributed by atoms with Gasteiger partial charge in [-0.3, -0.25) is 0 Å². The maximum absolute atomic E-state index is 12.8. The molecule has 3 aromatic rings. The van der Waals surface area contributed by atoms with E-state index in [1.54, 1.807) is 24.3 Å². The van der Waals surface area contributed by atoms with E-state index in [1.165, 1.54) is 5.56 Å². The summed E-state index contributed by atoms with van der Waals surface area (Å²) in [5.41, 5.74) is 2.47. The summed E-state index contributed by atoms with van der Waals surface area (Å²) in [6.45, 7) is 0. The molecule has 23 heavy (non-hydrogen) atoms. The zero-order chi connectivity index (χ0) is 15.1. The molecule has 0 radical (unpaired) electrons. The van der Waals surface area contributed by atoms with Crippen molar-refractivity contribution in [2.75, 3.05) is 0 Å². The smallest absolute Gasteiger partial charge is 0.872 e. The van der Waals surface area contributed by atoms with Gasteiger partial charge in [0.25, 0.3) is 0 Å². The van der Waals surface area contributed by atoms with E-state index in [9.17, 15) is 9.90 Å². The van der Waals surface area contributed by atoms with E-state index in [4.69, 9.17) is 4.42 Å². The molecule has 3 nitrogen and oxygen atoms in total. The predicted octanol–water partition coefficient (Wildman–Crippen LogP) is 0.339. The van der Waals surface area contributed by atoms with Gasteiger partial charge in [0, 0.05) is 16.9 Å². The van der Waals surface area contributed by atoms with Gasteiger partial charge in [0.15, 0.2) is 0 Å². The summed E-state index contributed by atoms with van der Waals surface area (Å²) in [7, 11) is 0. The van der Waals surface area contributed by atoms with Crippen LogP contribution < -0.4 is 40.3 Å². The number of fused-ring (bicyclic) bond motifs is 2. The first-order valence-electron chi connectivity index (χ1n) is 7.56. The Balaban J connectivity index is 0.00000156. The fourth-order valence-corrected chi connectivity index (χ4v) is 3.49. The molecule has 0 spiro atoms. The normalized spacial score (nSPS) is 16.6. The van der Waals surface area contributed by atoms with Crippen LogP contribution in [0.2, 0.25) is 0 Å². The number of benzene rings is 2. The Labute approximate surface area is 156 Å². The summed E-state index contributed by atoms with van der Waals surface area (Å²) in [4.78, 5) is 12.4. The van der Waals surface area contributed by atoms with E-state index >= 15 is 0 Å². The van der Waals surface area contributed by atoms with Gasteiger partial charge in [0.1, 0.15) is 5.58 Å². The van der Waals surface area contributed by atoms with Crippen molar-refractivity contribution >= 4 is 11.0 Å². The van der Waals surface area contributed by atoms with Crippen molar-refractivity contribution in [3.05, 3.63) is 75.6 Å². The largest absolute Gasteiger partial charge is 1.00 e. The second-order valence-corrected chi connectivity index (χ2v) is 5.77. The molecule has 1 aliphatic carbocycles. The molecule has 4 rings (SSSR count). The predicted molar refractivity (Wildman–Crippen MR) is 83.2 cm³/mol. The number of rotatable bonds is 1. The van der Waals surface area contributed by atoms with Crippen LogP contribution in [0.5, 0.6) is 5.75 Å². The van der Waals surface area contributed by atoms with Gasteiger partial charge in [-0.1, -0.05) is 48.2 Å². The van der Waals surface area contributed by atoms with E-state index in [-0.39, 0.29) is 46.8 Å². The molecule has 0 fully saturated rings. The van der Waals surface area contributed by atoms with E-state index in [1.807, 2.05) is 18.2 Å². The summed E-state index contributed by atoms with van der Waals surface area (Å²) in [6, 6.07) is 15.0. The van der Waals surface area contributed by atoms with Crippen molar-refractivity contribution in [1.82, 2.24) is 0 Å². The van der Waals surface area contributed by atoms with Crippen molar-refractivity contribution in [2.45, 2.75) is 25.2 Å². The minimum Gasteiger partial charge on any atom is -0.872 e. The number of para-hydroxylation sites is 1. The molecular formula is C19H15NaO3. The average Bonchev–Trinajstić information content (AvgIpc) is 2.55. The molecule has 0 amide bonds. The molecule has 0 saturated carbocycles. The molecule has 1 aromatic heterocycles. The summed E-state index contributed by atoms with van der Waals surface area (Å²) < 4.78 is 5.39. The Morgan fingerprint density at radius 1 is 1.04 bits per heavy atom. The molecule has 0 saturated heterocycles. The topological polar surface area (TPSA) is 53.3 Å². The Bertz CT molecular complexity index is 914. The van der Waals surface area contributed by atoms with Crippen LogP contribution in [0.15, 0.2) is 57.7 Å². The van der Waals surface area contributed by atoms with Crippen molar-refractivity contribution in [3.63, 3.8) is 0 Å². The standard InChI is InChI=1S/C19H16O3.Na/c20-18-15-9-3-4-11-16(15)22-19(21)17(18)14-10-5-7-12-6-1-2-8-13(12)14;/h1-4,6,8-9,11,14,20H,5,7,10H2;/q;+1/p-1. The van der Waals surface area contributed by atoms with Crippen molar-refractivity contribution in [1.29, 1.82) is 0 Å². The van der Waals surface area contributed by atoms with Gasteiger partial charge in [-0.15, -0.1) is 0 Å². The zero-order valence-electron chi connectivity index (χ0n) is 13.0. The molecule has 4 heteroatoms. The monoisotopic (exact) mass is 314 g/mol. The fourth-order valence-electron chi connectivity index (χ4n) is 3.49. The van der Waals surface area contributed by atoms with Crippen LogP contribution in [0.25, 0.3) is 11.0 Å². The first-order chi connectivity index (χ1) is 10.8. The van der Waals surface area contributed by atoms with Gasteiger partial charge in [-0.25, -0.2) is 4.79 Å². The van der Waals surface area contributed by atoms with E-state index in [0.29, 0.717) is 11.0 Å². The van der Waals surface area contributed by atoms with Crippen LogP contribution in [0.3, 0.4) is 0 Å². The number of hydrogen-bond acceptors (Lipinski definition) is 3. The van der Waals surface area contributed by atoms with Crippen LogP contribution in [0, 0.1) is 0 Å². The van der Waals surface area contributed by atoms with Gasteiger partial charge < -0.3 is 9.52 Å². The van der Waals surface area contributed by atoms with Crippen LogP contribution in [-0.2, 0) is 6.42 Å². The minimum atomic E-state index is -0.495. The van der Waals surface area contributed by atoms with Gasteiger partial charge >= 0.3 is 35.2 Å². The molecule has 110 valence electrons. The maximum atomic E-state index is 12.8.